The second kappa shape index (κ2) is 8.16. The number of hydrogen-bond acceptors (Lipinski definition) is 5. The summed E-state index contributed by atoms with van der Waals surface area (Å²) < 4.78 is 15.0. The molecule has 1 amide bonds. The van der Waals surface area contributed by atoms with E-state index in [4.69, 9.17) is 5.73 Å². The number of piperazine rings is 1. The average Bonchev–Trinajstić information content (AvgIpc) is 3.22. The zero-order chi connectivity index (χ0) is 19.1. The third-order valence-electron chi connectivity index (χ3n) is 5.05. The van der Waals surface area contributed by atoms with Gasteiger partial charge in [-0.25, -0.2) is 9.07 Å². The third kappa shape index (κ3) is 3.65. The molecule has 1 atom stereocenters. The highest BCUT2D eigenvalue weighted by Crippen LogP contribution is 2.31. The molecule has 1 saturated heterocycles. The van der Waals surface area contributed by atoms with E-state index in [0.29, 0.717) is 18.0 Å². The number of nitrogens with zero attached hydrogens (tertiary/aromatic N) is 4. The zero-order valence-electron chi connectivity index (χ0n) is 15.8. The number of amides is 1. The molecule has 0 saturated carbocycles. The van der Waals surface area contributed by atoms with Gasteiger partial charge in [0.05, 0.1) is 22.3 Å². The van der Waals surface area contributed by atoms with Crippen LogP contribution >= 0.6 is 23.7 Å². The van der Waals surface area contributed by atoms with Crippen LogP contribution in [0.3, 0.4) is 0 Å². The van der Waals surface area contributed by atoms with Crippen LogP contribution in [0.15, 0.2) is 30.3 Å². The smallest absolute Gasteiger partial charge is 0.264 e. The molecule has 6 nitrogen and oxygen atoms in total. The molecule has 1 fully saturated rings. The van der Waals surface area contributed by atoms with Gasteiger partial charge in [0, 0.05) is 31.6 Å². The number of carbonyl (C=O) groups is 1. The Kier molecular flexibility index (Phi) is 6.04. The normalized spacial score (nSPS) is 17.7. The predicted molar refractivity (Wildman–Crippen MR) is 112 cm³/mol. The summed E-state index contributed by atoms with van der Waals surface area (Å²) >= 11 is 1.42. The van der Waals surface area contributed by atoms with Crippen LogP contribution in [0.2, 0.25) is 0 Å². The van der Waals surface area contributed by atoms with E-state index in [1.54, 1.807) is 16.8 Å². The second-order valence-corrected chi connectivity index (χ2v) is 7.98. The molecule has 1 aliphatic rings. The maximum absolute atomic E-state index is 13.2. The Morgan fingerprint density at radius 1 is 1.32 bits per heavy atom. The van der Waals surface area contributed by atoms with Gasteiger partial charge in [-0.1, -0.05) is 0 Å². The first-order chi connectivity index (χ1) is 13.0. The maximum Gasteiger partial charge on any atom is 0.264 e. The fraction of sp³-hybridized carbons (Fsp3) is 0.368. The molecule has 0 bridgehead atoms. The fourth-order valence-corrected chi connectivity index (χ4v) is 4.67. The van der Waals surface area contributed by atoms with Crippen LogP contribution < -0.4 is 5.73 Å². The van der Waals surface area contributed by atoms with E-state index in [0.717, 1.165) is 34.7 Å². The predicted octanol–water partition coefficient (Wildman–Crippen LogP) is 2.67. The van der Waals surface area contributed by atoms with Crippen molar-refractivity contribution < 1.29 is 9.18 Å². The number of fused-ring (bicyclic) bond motifs is 1. The van der Waals surface area contributed by atoms with Gasteiger partial charge in [0.2, 0.25) is 0 Å². The Balaban J connectivity index is 0.00000225. The Hall–Kier alpha value is -2.00. The number of halogens is 2. The van der Waals surface area contributed by atoms with Gasteiger partial charge < -0.3 is 15.5 Å². The highest BCUT2D eigenvalue weighted by atomic mass is 35.5. The van der Waals surface area contributed by atoms with Gasteiger partial charge in [0.25, 0.3) is 5.91 Å². The lowest BCUT2D eigenvalue weighted by Crippen LogP contribution is -2.56. The third-order valence-corrected chi connectivity index (χ3v) is 6.14. The summed E-state index contributed by atoms with van der Waals surface area (Å²) in [4.78, 5) is 18.8. The van der Waals surface area contributed by atoms with Crippen molar-refractivity contribution >= 4 is 39.9 Å². The summed E-state index contributed by atoms with van der Waals surface area (Å²) in [5, 5.41) is 5.51. The monoisotopic (exact) mass is 423 g/mol. The Labute approximate surface area is 173 Å². The van der Waals surface area contributed by atoms with Gasteiger partial charge in [-0.15, -0.1) is 23.7 Å². The molecular weight excluding hydrogens is 401 g/mol. The van der Waals surface area contributed by atoms with Crippen LogP contribution in [0.4, 0.5) is 4.39 Å². The molecule has 4 rings (SSSR count). The van der Waals surface area contributed by atoms with Crippen molar-refractivity contribution in [3.05, 3.63) is 46.7 Å². The molecule has 1 unspecified atom stereocenters. The topological polar surface area (TPSA) is 67.4 Å². The standard InChI is InChI=1S/C19H22FN5OS.ClH/c1-12-16-9-17(18(26)24-8-7-23(2)11-15(24)10-21)27-19(16)25(22-12)14-5-3-13(20)4-6-14;/h3-6,9,15H,7-8,10-11,21H2,1-2H3;1H. The molecule has 28 heavy (non-hydrogen) atoms. The van der Waals surface area contributed by atoms with Crippen molar-refractivity contribution in [2.75, 3.05) is 33.2 Å². The zero-order valence-corrected chi connectivity index (χ0v) is 17.4. The number of benzene rings is 1. The van der Waals surface area contributed by atoms with E-state index in [1.165, 1.54) is 23.5 Å². The SMILES string of the molecule is Cc1nn(-c2ccc(F)cc2)c2sc(C(=O)N3CCN(C)CC3CN)cc12.Cl. The lowest BCUT2D eigenvalue weighted by Gasteiger charge is -2.39. The highest BCUT2D eigenvalue weighted by Gasteiger charge is 2.30. The lowest BCUT2D eigenvalue weighted by molar-refractivity contribution is 0.0521. The Morgan fingerprint density at radius 3 is 2.71 bits per heavy atom. The number of thiophene rings is 1. The number of rotatable bonds is 3. The molecule has 1 aromatic carbocycles. The molecule has 0 aliphatic carbocycles. The molecule has 150 valence electrons. The van der Waals surface area contributed by atoms with Crippen molar-refractivity contribution in [2.24, 2.45) is 5.73 Å². The van der Waals surface area contributed by atoms with Crippen molar-refractivity contribution in [2.45, 2.75) is 13.0 Å². The number of aromatic nitrogens is 2. The number of aryl methyl sites for hydroxylation is 1. The van der Waals surface area contributed by atoms with E-state index in [9.17, 15) is 9.18 Å². The van der Waals surface area contributed by atoms with Crippen molar-refractivity contribution in [1.29, 1.82) is 0 Å². The Morgan fingerprint density at radius 2 is 2.04 bits per heavy atom. The molecule has 3 heterocycles. The molecule has 2 N–H and O–H groups in total. The van der Waals surface area contributed by atoms with Gasteiger partial charge in [-0.3, -0.25) is 4.79 Å². The van der Waals surface area contributed by atoms with E-state index in [2.05, 4.69) is 10.00 Å². The fourth-order valence-electron chi connectivity index (χ4n) is 3.53. The van der Waals surface area contributed by atoms with Crippen molar-refractivity contribution in [3.8, 4) is 5.69 Å². The minimum Gasteiger partial charge on any atom is -0.331 e. The first kappa shape index (κ1) is 20.7. The van der Waals surface area contributed by atoms with Gasteiger partial charge in [-0.2, -0.15) is 5.10 Å². The van der Waals surface area contributed by atoms with Crippen LogP contribution in [0.1, 0.15) is 15.4 Å². The highest BCUT2D eigenvalue weighted by molar-refractivity contribution is 7.20. The Bertz CT molecular complexity index is 986. The molecule has 3 aromatic rings. The maximum atomic E-state index is 13.2. The summed E-state index contributed by atoms with van der Waals surface area (Å²) in [7, 11) is 2.05. The van der Waals surface area contributed by atoms with Crippen LogP contribution in [-0.4, -0.2) is 64.8 Å². The van der Waals surface area contributed by atoms with E-state index >= 15 is 0 Å². The van der Waals surface area contributed by atoms with Gasteiger partial charge in [0.1, 0.15) is 10.6 Å². The van der Waals surface area contributed by atoms with Crippen LogP contribution in [-0.2, 0) is 0 Å². The summed E-state index contributed by atoms with van der Waals surface area (Å²) in [6, 6.07) is 8.13. The minimum atomic E-state index is -0.288. The van der Waals surface area contributed by atoms with E-state index in [1.807, 2.05) is 24.9 Å². The summed E-state index contributed by atoms with van der Waals surface area (Å²) in [6.45, 7) is 4.67. The first-order valence-corrected chi connectivity index (χ1v) is 9.74. The second-order valence-electron chi connectivity index (χ2n) is 6.95. The van der Waals surface area contributed by atoms with E-state index in [-0.39, 0.29) is 30.2 Å². The molecular formula is C19H23ClFN5OS. The number of likely N-dealkylation sites (N-methyl/N-ethyl adjacent to an activating group) is 1. The minimum absolute atomic E-state index is 0. The van der Waals surface area contributed by atoms with Gasteiger partial charge in [0.15, 0.2) is 0 Å². The van der Waals surface area contributed by atoms with Crippen LogP contribution in [0, 0.1) is 12.7 Å². The quantitative estimate of drug-likeness (QED) is 0.703. The summed E-state index contributed by atoms with van der Waals surface area (Å²) in [5.41, 5.74) is 7.52. The van der Waals surface area contributed by atoms with Crippen LogP contribution in [0.25, 0.3) is 15.9 Å². The number of hydrogen-bond donors (Lipinski definition) is 1. The van der Waals surface area contributed by atoms with Gasteiger partial charge in [-0.05, 0) is 44.3 Å². The molecule has 9 heteroatoms. The summed E-state index contributed by atoms with van der Waals surface area (Å²) in [5.74, 6) is -0.270. The average molecular weight is 424 g/mol. The molecule has 1 aliphatic heterocycles. The molecule has 0 spiro atoms. The first-order valence-electron chi connectivity index (χ1n) is 8.92. The van der Waals surface area contributed by atoms with Crippen molar-refractivity contribution in [3.63, 3.8) is 0 Å². The molecule has 2 aromatic heterocycles. The molecule has 0 radical (unpaired) electrons. The van der Waals surface area contributed by atoms with Crippen LogP contribution in [0.5, 0.6) is 0 Å². The number of carbonyl (C=O) groups excluding carboxylic acids is 1. The number of nitrogens with two attached hydrogens (primary N) is 1. The largest absolute Gasteiger partial charge is 0.331 e. The van der Waals surface area contributed by atoms with Gasteiger partial charge >= 0.3 is 0 Å². The lowest BCUT2D eigenvalue weighted by atomic mass is 10.1. The van der Waals surface area contributed by atoms with E-state index < -0.39 is 0 Å². The summed E-state index contributed by atoms with van der Waals surface area (Å²) in [6.07, 6.45) is 0. The van der Waals surface area contributed by atoms with Crippen molar-refractivity contribution in [1.82, 2.24) is 19.6 Å².